The van der Waals surface area contributed by atoms with Crippen molar-refractivity contribution >= 4 is 17.7 Å². The van der Waals surface area contributed by atoms with E-state index in [9.17, 15) is 9.59 Å². The number of amides is 2. The molecular weight excluding hydrogens is 364 g/mol. The molecule has 29 heavy (non-hydrogen) atoms. The van der Waals surface area contributed by atoms with Crippen molar-refractivity contribution in [3.8, 4) is 0 Å². The summed E-state index contributed by atoms with van der Waals surface area (Å²) in [6, 6.07) is 6.24. The van der Waals surface area contributed by atoms with E-state index < -0.39 is 0 Å². The summed E-state index contributed by atoms with van der Waals surface area (Å²) in [6.07, 6.45) is 7.82. The molecule has 0 aromatic heterocycles. The molecule has 5 nitrogen and oxygen atoms in total. The van der Waals surface area contributed by atoms with Crippen LogP contribution in [0.25, 0.3) is 0 Å². The Morgan fingerprint density at radius 3 is 2.62 bits per heavy atom. The van der Waals surface area contributed by atoms with Gasteiger partial charge in [-0.3, -0.25) is 9.69 Å². The van der Waals surface area contributed by atoms with E-state index in [0.29, 0.717) is 25.1 Å². The van der Waals surface area contributed by atoms with Crippen LogP contribution in [0.5, 0.6) is 0 Å². The molecule has 1 saturated heterocycles. The molecule has 4 rings (SSSR count). The number of hydrogen-bond donors (Lipinski definition) is 0. The fourth-order valence-electron chi connectivity index (χ4n) is 5.12. The first kappa shape index (κ1) is 20.2. The van der Waals surface area contributed by atoms with E-state index in [2.05, 4.69) is 4.90 Å². The molecule has 1 saturated carbocycles. The topological polar surface area (TPSA) is 49.9 Å². The first-order valence-electron chi connectivity index (χ1n) is 11.2. The normalized spacial score (nSPS) is 24.1. The summed E-state index contributed by atoms with van der Waals surface area (Å²) < 4.78 is 5.49. The molecule has 2 amide bonds. The fraction of sp³-hybridized carbons (Fsp3) is 0.667. The van der Waals surface area contributed by atoms with Crippen LogP contribution < -0.4 is 4.90 Å². The van der Waals surface area contributed by atoms with Crippen molar-refractivity contribution in [2.45, 2.75) is 71.8 Å². The number of benzene rings is 1. The fourth-order valence-corrected chi connectivity index (χ4v) is 5.12. The smallest absolute Gasteiger partial charge is 0.414 e. The summed E-state index contributed by atoms with van der Waals surface area (Å²) in [6.45, 7) is 8.03. The predicted molar refractivity (Wildman–Crippen MR) is 114 cm³/mol. The Hall–Kier alpha value is -2.04. The number of rotatable bonds is 2. The number of nitrogens with zero attached hydrogens (tertiary/aromatic N) is 2. The summed E-state index contributed by atoms with van der Waals surface area (Å²) in [7, 11) is 0. The van der Waals surface area contributed by atoms with Gasteiger partial charge < -0.3 is 9.64 Å². The van der Waals surface area contributed by atoms with Crippen molar-refractivity contribution < 1.29 is 14.3 Å². The van der Waals surface area contributed by atoms with Gasteiger partial charge >= 0.3 is 6.09 Å². The molecule has 2 fully saturated rings. The van der Waals surface area contributed by atoms with Gasteiger partial charge in [-0.1, -0.05) is 33.6 Å². The van der Waals surface area contributed by atoms with E-state index in [1.54, 1.807) is 4.90 Å². The van der Waals surface area contributed by atoms with Crippen LogP contribution in [0.1, 0.15) is 75.2 Å². The van der Waals surface area contributed by atoms with Gasteiger partial charge in [-0.15, -0.1) is 0 Å². The number of carbonyl (C=O) groups excluding carboxylic acids is 2. The SMILES string of the molecule is CC(C)(C)COC(=O)N1CCc2cc(C(=O)N3CCCC4CCCC[C@H]43)ccc21. The van der Waals surface area contributed by atoms with Gasteiger partial charge in [-0.25, -0.2) is 4.79 Å². The largest absolute Gasteiger partial charge is 0.449 e. The van der Waals surface area contributed by atoms with Crippen molar-refractivity contribution in [3.05, 3.63) is 29.3 Å². The minimum atomic E-state index is -0.293. The first-order chi connectivity index (χ1) is 13.8. The molecule has 3 aliphatic rings. The van der Waals surface area contributed by atoms with Crippen molar-refractivity contribution in [2.75, 3.05) is 24.6 Å². The van der Waals surface area contributed by atoms with E-state index in [4.69, 9.17) is 4.74 Å². The van der Waals surface area contributed by atoms with E-state index in [-0.39, 0.29) is 17.4 Å². The first-order valence-corrected chi connectivity index (χ1v) is 11.2. The molecular formula is C24H34N2O3. The third-order valence-electron chi connectivity index (χ3n) is 6.58. The third kappa shape index (κ3) is 4.29. The van der Waals surface area contributed by atoms with Crippen LogP contribution in [0.3, 0.4) is 0 Å². The Labute approximate surface area is 174 Å². The third-order valence-corrected chi connectivity index (χ3v) is 6.58. The van der Waals surface area contributed by atoms with Crippen molar-refractivity contribution in [1.29, 1.82) is 0 Å². The maximum Gasteiger partial charge on any atom is 0.414 e. The summed E-state index contributed by atoms with van der Waals surface area (Å²) >= 11 is 0. The predicted octanol–water partition coefficient (Wildman–Crippen LogP) is 5.03. The summed E-state index contributed by atoms with van der Waals surface area (Å²) in [5, 5.41) is 0. The number of piperidine rings is 1. The highest BCUT2D eigenvalue weighted by atomic mass is 16.6. The lowest BCUT2D eigenvalue weighted by molar-refractivity contribution is 0.0390. The summed E-state index contributed by atoms with van der Waals surface area (Å²) in [5.74, 6) is 0.849. The van der Waals surface area contributed by atoms with Crippen LogP contribution in [-0.2, 0) is 11.2 Å². The van der Waals surface area contributed by atoms with Crippen molar-refractivity contribution in [1.82, 2.24) is 4.90 Å². The molecule has 1 aromatic carbocycles. The van der Waals surface area contributed by atoms with Crippen LogP contribution in [0.15, 0.2) is 18.2 Å². The molecule has 1 unspecified atom stereocenters. The van der Waals surface area contributed by atoms with Gasteiger partial charge in [0.2, 0.25) is 0 Å². The Morgan fingerprint density at radius 1 is 1.07 bits per heavy atom. The van der Waals surface area contributed by atoms with Crippen molar-refractivity contribution in [3.63, 3.8) is 0 Å². The van der Waals surface area contributed by atoms with Gasteiger partial charge in [0.1, 0.15) is 0 Å². The standard InChI is InChI=1S/C24H34N2O3/c1-24(2,3)16-29-23(28)26-14-12-18-15-19(10-11-21(18)26)22(27)25-13-6-8-17-7-4-5-9-20(17)25/h10-11,15,17,20H,4-9,12-14,16H2,1-3H3/t17?,20-/m1/s1. The zero-order chi connectivity index (χ0) is 20.6. The van der Waals surface area contributed by atoms with Crippen LogP contribution in [0, 0.1) is 11.3 Å². The van der Waals surface area contributed by atoms with Gasteiger partial charge in [-0.2, -0.15) is 0 Å². The zero-order valence-electron chi connectivity index (χ0n) is 18.1. The van der Waals surface area contributed by atoms with E-state index in [1.165, 1.54) is 25.7 Å². The molecule has 2 atom stereocenters. The highest BCUT2D eigenvalue weighted by Gasteiger charge is 2.36. The maximum atomic E-state index is 13.3. The quantitative estimate of drug-likeness (QED) is 0.702. The molecule has 158 valence electrons. The van der Waals surface area contributed by atoms with Crippen LogP contribution >= 0.6 is 0 Å². The van der Waals surface area contributed by atoms with Crippen LogP contribution in [0.2, 0.25) is 0 Å². The average Bonchev–Trinajstić information content (AvgIpc) is 3.14. The zero-order valence-corrected chi connectivity index (χ0v) is 18.1. The monoisotopic (exact) mass is 398 g/mol. The maximum absolute atomic E-state index is 13.3. The van der Waals surface area contributed by atoms with E-state index in [0.717, 1.165) is 42.6 Å². The number of anilines is 1. The molecule has 0 spiro atoms. The van der Waals surface area contributed by atoms with Crippen molar-refractivity contribution in [2.24, 2.45) is 11.3 Å². The minimum absolute atomic E-state index is 0.0556. The van der Waals surface area contributed by atoms with Gasteiger partial charge in [0.15, 0.2) is 0 Å². The molecule has 5 heteroatoms. The second-order valence-corrected chi connectivity index (χ2v) is 10.1. The highest BCUT2D eigenvalue weighted by molar-refractivity contribution is 5.97. The lowest BCUT2D eigenvalue weighted by Crippen LogP contribution is -2.49. The molecule has 0 N–H and O–H groups in total. The number of likely N-dealkylation sites (tertiary alicyclic amines) is 1. The van der Waals surface area contributed by atoms with Gasteiger partial charge in [0.25, 0.3) is 5.91 Å². The van der Waals surface area contributed by atoms with Gasteiger partial charge in [-0.05, 0) is 67.2 Å². The second kappa shape index (κ2) is 8.00. The Morgan fingerprint density at radius 2 is 1.83 bits per heavy atom. The summed E-state index contributed by atoms with van der Waals surface area (Å²) in [5.41, 5.74) is 2.66. The van der Waals surface area contributed by atoms with Crippen LogP contribution in [-0.4, -0.2) is 42.6 Å². The average molecular weight is 399 g/mol. The molecule has 1 aliphatic carbocycles. The minimum Gasteiger partial charge on any atom is -0.449 e. The lowest BCUT2D eigenvalue weighted by Gasteiger charge is -2.44. The number of hydrogen-bond acceptors (Lipinski definition) is 3. The molecule has 1 aromatic rings. The summed E-state index contributed by atoms with van der Waals surface area (Å²) in [4.78, 5) is 29.7. The van der Waals surface area contributed by atoms with Crippen LogP contribution in [0.4, 0.5) is 10.5 Å². The lowest BCUT2D eigenvalue weighted by atomic mass is 9.78. The van der Waals surface area contributed by atoms with Gasteiger partial charge in [0.05, 0.1) is 12.3 Å². The second-order valence-electron chi connectivity index (χ2n) is 10.1. The number of ether oxygens (including phenoxy) is 1. The van der Waals surface area contributed by atoms with E-state index in [1.807, 2.05) is 39.0 Å². The molecule has 0 radical (unpaired) electrons. The Bertz CT molecular complexity index is 781. The Balaban J connectivity index is 1.47. The van der Waals surface area contributed by atoms with E-state index >= 15 is 0 Å². The number of carbonyl (C=O) groups is 2. The number of fused-ring (bicyclic) bond motifs is 2. The molecule has 0 bridgehead atoms. The molecule has 2 heterocycles. The highest BCUT2D eigenvalue weighted by Crippen LogP contribution is 2.37. The molecule has 2 aliphatic heterocycles. The van der Waals surface area contributed by atoms with Gasteiger partial charge in [0, 0.05) is 24.7 Å². The Kier molecular flexibility index (Phi) is 5.58.